The Hall–Kier alpha value is -3.96. The molecule has 5 heterocycles. The van der Waals surface area contributed by atoms with Crippen LogP contribution in [0.1, 0.15) is 30.5 Å². The summed E-state index contributed by atoms with van der Waals surface area (Å²) in [7, 11) is 1.36. The van der Waals surface area contributed by atoms with E-state index in [4.69, 9.17) is 16.3 Å². The maximum atomic E-state index is 14.1. The molecule has 0 saturated carbocycles. The van der Waals surface area contributed by atoms with Crippen molar-refractivity contribution >= 4 is 28.1 Å². The predicted molar refractivity (Wildman–Crippen MR) is 139 cm³/mol. The fourth-order valence-electron chi connectivity index (χ4n) is 5.35. The van der Waals surface area contributed by atoms with Gasteiger partial charge in [-0.3, -0.25) is 14.3 Å². The minimum absolute atomic E-state index is 0.0202. The maximum absolute atomic E-state index is 14.1. The predicted octanol–water partition coefficient (Wildman–Crippen LogP) is 3.98. The molecule has 2 unspecified atom stereocenters. The lowest BCUT2D eigenvalue weighted by atomic mass is 9.99. The van der Waals surface area contributed by atoms with E-state index in [1.165, 1.54) is 30.1 Å². The second-order valence-electron chi connectivity index (χ2n) is 9.60. The zero-order chi connectivity index (χ0) is 27.4. The Kier molecular flexibility index (Phi) is 6.27. The van der Waals surface area contributed by atoms with Gasteiger partial charge in [-0.25, -0.2) is 27.5 Å². The number of benzene rings is 1. The summed E-state index contributed by atoms with van der Waals surface area (Å²) in [5.74, 6) is -4.44. The van der Waals surface area contributed by atoms with Crippen molar-refractivity contribution in [2.75, 3.05) is 7.11 Å². The lowest BCUT2D eigenvalue weighted by molar-refractivity contribution is 0.402. The van der Waals surface area contributed by atoms with Crippen LogP contribution in [-0.4, -0.2) is 38.3 Å². The van der Waals surface area contributed by atoms with Crippen LogP contribution in [0.3, 0.4) is 0 Å². The van der Waals surface area contributed by atoms with Gasteiger partial charge in [0.2, 0.25) is 5.88 Å². The molecule has 12 heteroatoms. The highest BCUT2D eigenvalue weighted by Crippen LogP contribution is 2.34. The number of pyridine rings is 2. The molecule has 2 atom stereocenters. The van der Waals surface area contributed by atoms with E-state index in [2.05, 4.69) is 21.4 Å². The summed E-state index contributed by atoms with van der Waals surface area (Å²) in [5, 5.41) is 3.66. The van der Waals surface area contributed by atoms with E-state index >= 15 is 0 Å². The molecule has 2 aliphatic rings. The molecule has 1 fully saturated rings. The minimum atomic E-state index is -1.62. The van der Waals surface area contributed by atoms with Crippen molar-refractivity contribution in [1.82, 2.24) is 24.4 Å². The normalized spacial score (nSPS) is 18.4. The van der Waals surface area contributed by atoms with Crippen molar-refractivity contribution in [3.05, 3.63) is 97.3 Å². The topological polar surface area (TPSA) is 91.0 Å². The van der Waals surface area contributed by atoms with E-state index in [1.807, 2.05) is 0 Å². The molecule has 0 amide bonds. The van der Waals surface area contributed by atoms with Crippen molar-refractivity contribution in [3.8, 4) is 11.6 Å². The van der Waals surface area contributed by atoms with Crippen LogP contribution in [-0.2, 0) is 6.54 Å². The highest BCUT2D eigenvalue weighted by Gasteiger charge is 2.30. The van der Waals surface area contributed by atoms with Gasteiger partial charge < -0.3 is 10.1 Å². The van der Waals surface area contributed by atoms with E-state index in [0.29, 0.717) is 12.1 Å². The smallest absolute Gasteiger partial charge is 0.336 e. The molecule has 0 aliphatic carbocycles. The molecule has 0 spiro atoms. The number of hydrogen-bond donors (Lipinski definition) is 1. The van der Waals surface area contributed by atoms with Crippen LogP contribution >= 0.6 is 11.6 Å². The molecule has 1 aromatic carbocycles. The van der Waals surface area contributed by atoms with Gasteiger partial charge in [0.25, 0.3) is 5.56 Å². The Morgan fingerprint density at radius 1 is 1.10 bits per heavy atom. The quantitative estimate of drug-likeness (QED) is 0.375. The van der Waals surface area contributed by atoms with Gasteiger partial charge in [-0.05, 0) is 54.7 Å². The Morgan fingerprint density at radius 2 is 1.87 bits per heavy atom. The summed E-state index contributed by atoms with van der Waals surface area (Å²) < 4.78 is 49.4. The van der Waals surface area contributed by atoms with Gasteiger partial charge in [-0.15, -0.1) is 0 Å². The molecule has 8 nitrogen and oxygen atoms in total. The number of nitrogens with one attached hydrogen (secondary N) is 1. The third-order valence-electron chi connectivity index (χ3n) is 7.10. The molecular formula is C27H21ClF3N5O3. The first-order valence-electron chi connectivity index (χ1n) is 12.2. The lowest BCUT2D eigenvalue weighted by Gasteiger charge is -2.22. The molecule has 6 rings (SSSR count). The van der Waals surface area contributed by atoms with Gasteiger partial charge in [0.1, 0.15) is 5.39 Å². The van der Waals surface area contributed by atoms with E-state index in [9.17, 15) is 22.8 Å². The van der Waals surface area contributed by atoms with Crippen LogP contribution in [0.4, 0.5) is 13.2 Å². The van der Waals surface area contributed by atoms with E-state index in [1.54, 1.807) is 6.07 Å². The number of hydrogen-bond acceptors (Lipinski definition) is 6. The fraction of sp³-hybridized carbons (Fsp3) is 0.259. The van der Waals surface area contributed by atoms with Crippen molar-refractivity contribution in [2.45, 2.75) is 37.9 Å². The van der Waals surface area contributed by atoms with Gasteiger partial charge in [0, 0.05) is 18.3 Å². The SMILES string of the molecule is COc1nc(C2=CC3CCC(C2)N3)cc2c1c(=O)n(-c1cncc(Cl)c1)c(=O)n2Cc1cc(F)c(F)c(F)c1. The first-order chi connectivity index (χ1) is 18.7. The summed E-state index contributed by atoms with van der Waals surface area (Å²) in [6.45, 7) is -0.379. The summed E-state index contributed by atoms with van der Waals surface area (Å²) >= 11 is 6.08. The lowest BCUT2D eigenvalue weighted by Crippen LogP contribution is -2.39. The van der Waals surface area contributed by atoms with Crippen LogP contribution < -0.4 is 21.3 Å². The number of fused-ring (bicyclic) bond motifs is 3. The van der Waals surface area contributed by atoms with Gasteiger partial charge >= 0.3 is 5.69 Å². The summed E-state index contributed by atoms with van der Waals surface area (Å²) in [6.07, 6.45) is 7.40. The number of rotatable bonds is 5. The Morgan fingerprint density at radius 3 is 2.56 bits per heavy atom. The molecule has 4 aromatic rings. The third kappa shape index (κ3) is 4.41. The van der Waals surface area contributed by atoms with E-state index in [-0.39, 0.29) is 51.7 Å². The molecule has 2 aliphatic heterocycles. The number of nitrogens with zero attached hydrogens (tertiary/aromatic N) is 4. The highest BCUT2D eigenvalue weighted by atomic mass is 35.5. The van der Waals surface area contributed by atoms with Crippen molar-refractivity contribution in [3.63, 3.8) is 0 Å². The third-order valence-corrected chi connectivity index (χ3v) is 7.30. The average molecular weight is 556 g/mol. The highest BCUT2D eigenvalue weighted by molar-refractivity contribution is 6.30. The Labute approximate surface area is 224 Å². The minimum Gasteiger partial charge on any atom is -0.480 e. The summed E-state index contributed by atoms with van der Waals surface area (Å²) in [6, 6.07) is 5.08. The molecule has 200 valence electrons. The zero-order valence-corrected chi connectivity index (χ0v) is 21.3. The number of aromatic nitrogens is 4. The van der Waals surface area contributed by atoms with Crippen molar-refractivity contribution < 1.29 is 17.9 Å². The van der Waals surface area contributed by atoms with Crippen LogP contribution in [0.25, 0.3) is 22.2 Å². The molecule has 1 N–H and O–H groups in total. The van der Waals surface area contributed by atoms with Crippen LogP contribution in [0.5, 0.6) is 5.88 Å². The number of methoxy groups -OCH3 is 1. The van der Waals surface area contributed by atoms with Crippen LogP contribution in [0.2, 0.25) is 5.02 Å². The maximum Gasteiger partial charge on any atom is 0.336 e. The fourth-order valence-corrected chi connectivity index (χ4v) is 5.52. The van der Waals surface area contributed by atoms with Crippen LogP contribution in [0.15, 0.2) is 52.3 Å². The number of halogens is 4. The zero-order valence-electron chi connectivity index (χ0n) is 20.6. The molecule has 3 aromatic heterocycles. The molecule has 2 bridgehead atoms. The van der Waals surface area contributed by atoms with E-state index in [0.717, 1.165) is 35.1 Å². The van der Waals surface area contributed by atoms with Crippen molar-refractivity contribution in [1.29, 1.82) is 0 Å². The largest absolute Gasteiger partial charge is 0.480 e. The monoisotopic (exact) mass is 555 g/mol. The van der Waals surface area contributed by atoms with Crippen LogP contribution in [0, 0.1) is 17.5 Å². The van der Waals surface area contributed by atoms with Gasteiger partial charge in [0.05, 0.1) is 41.8 Å². The van der Waals surface area contributed by atoms with Gasteiger partial charge in [0.15, 0.2) is 17.5 Å². The standard InChI is InChI=1S/C27H21ClF3N5O3/c1-39-25-23-22(9-21(34-25)14-6-16-2-3-17(7-14)33-16)35(12-13-4-19(29)24(31)20(30)5-13)27(38)36(26(23)37)18-8-15(28)10-32-11-18/h4-6,8-11,16-17,33H,2-3,7,12H2,1H3. The summed E-state index contributed by atoms with van der Waals surface area (Å²) in [5.41, 5.74) is 0.0952. The average Bonchev–Trinajstić information content (AvgIpc) is 3.25. The second-order valence-corrected chi connectivity index (χ2v) is 10.0. The first kappa shape index (κ1) is 25.3. The van der Waals surface area contributed by atoms with Crippen molar-refractivity contribution in [2.24, 2.45) is 0 Å². The van der Waals surface area contributed by atoms with Gasteiger partial charge in [-0.1, -0.05) is 17.7 Å². The first-order valence-corrected chi connectivity index (χ1v) is 12.6. The second kappa shape index (κ2) is 9.65. The number of ether oxygens (including phenoxy) is 1. The molecular weight excluding hydrogens is 535 g/mol. The Balaban J connectivity index is 1.65. The van der Waals surface area contributed by atoms with E-state index < -0.39 is 28.7 Å². The molecule has 39 heavy (non-hydrogen) atoms. The van der Waals surface area contributed by atoms with Gasteiger partial charge in [-0.2, -0.15) is 0 Å². The Bertz CT molecular complexity index is 1780. The molecule has 1 saturated heterocycles. The molecule has 0 radical (unpaired) electrons. The summed E-state index contributed by atoms with van der Waals surface area (Å²) in [4.78, 5) is 36.2.